The lowest BCUT2D eigenvalue weighted by Crippen LogP contribution is -2.46. The summed E-state index contributed by atoms with van der Waals surface area (Å²) in [6.07, 6.45) is 0. The average molecular weight is 292 g/mol. The zero-order valence-electron chi connectivity index (χ0n) is 13.0. The van der Waals surface area contributed by atoms with Crippen molar-refractivity contribution < 1.29 is 14.7 Å². The lowest BCUT2D eigenvalue weighted by Gasteiger charge is -2.28. The van der Waals surface area contributed by atoms with E-state index in [2.05, 4.69) is 5.32 Å². The predicted octanol–water partition coefficient (Wildman–Crippen LogP) is 2.54. The molecule has 0 bridgehead atoms. The van der Waals surface area contributed by atoms with Crippen LogP contribution in [0.25, 0.3) is 0 Å². The van der Waals surface area contributed by atoms with Crippen LogP contribution >= 0.6 is 0 Å². The minimum Gasteiger partial charge on any atom is -0.481 e. The molecule has 0 aromatic heterocycles. The van der Waals surface area contributed by atoms with Gasteiger partial charge in [0.05, 0.1) is 5.92 Å². The summed E-state index contributed by atoms with van der Waals surface area (Å²) < 4.78 is 0. The van der Waals surface area contributed by atoms with Crippen LogP contribution in [0.4, 0.5) is 4.79 Å². The third-order valence-electron chi connectivity index (χ3n) is 3.85. The first-order valence-corrected chi connectivity index (χ1v) is 7.13. The van der Waals surface area contributed by atoms with Crippen molar-refractivity contribution in [1.82, 2.24) is 10.2 Å². The standard InChI is InChI=1S/C16H24N2O3/c1-11(2)12(3)18(4)16(21)17-10-14(15(19)20)13-8-6-5-7-9-13/h5-9,11-12,14H,10H2,1-4H3,(H,17,21)(H,19,20). The summed E-state index contributed by atoms with van der Waals surface area (Å²) in [7, 11) is 1.72. The number of carbonyl (C=O) groups excluding carboxylic acids is 1. The van der Waals surface area contributed by atoms with Crippen molar-refractivity contribution in [2.45, 2.75) is 32.7 Å². The van der Waals surface area contributed by atoms with E-state index in [1.165, 1.54) is 0 Å². The molecule has 0 saturated heterocycles. The van der Waals surface area contributed by atoms with Gasteiger partial charge in [-0.05, 0) is 18.4 Å². The first kappa shape index (κ1) is 17.0. The Kier molecular flexibility index (Phi) is 6.21. The second-order valence-electron chi connectivity index (χ2n) is 5.58. The molecule has 5 nitrogen and oxygen atoms in total. The number of amides is 2. The Morgan fingerprint density at radius 2 is 1.76 bits per heavy atom. The van der Waals surface area contributed by atoms with E-state index in [0.29, 0.717) is 11.5 Å². The summed E-state index contributed by atoms with van der Waals surface area (Å²) in [5, 5.41) is 12.0. The number of nitrogens with zero attached hydrogens (tertiary/aromatic N) is 1. The van der Waals surface area contributed by atoms with Crippen LogP contribution in [0.15, 0.2) is 30.3 Å². The number of urea groups is 1. The third kappa shape index (κ3) is 4.77. The Morgan fingerprint density at radius 1 is 1.19 bits per heavy atom. The van der Waals surface area contributed by atoms with E-state index in [1.54, 1.807) is 36.2 Å². The van der Waals surface area contributed by atoms with Crippen LogP contribution in [-0.2, 0) is 4.79 Å². The van der Waals surface area contributed by atoms with Gasteiger partial charge in [-0.3, -0.25) is 4.79 Å². The molecule has 0 radical (unpaired) electrons. The van der Waals surface area contributed by atoms with Gasteiger partial charge in [0.25, 0.3) is 0 Å². The second-order valence-corrected chi connectivity index (χ2v) is 5.58. The molecule has 1 aromatic carbocycles. The van der Waals surface area contributed by atoms with E-state index in [9.17, 15) is 14.7 Å². The largest absolute Gasteiger partial charge is 0.481 e. The normalized spacial score (nSPS) is 13.6. The predicted molar refractivity (Wildman–Crippen MR) is 82.3 cm³/mol. The molecule has 2 atom stereocenters. The smallest absolute Gasteiger partial charge is 0.317 e. The highest BCUT2D eigenvalue weighted by Crippen LogP contribution is 2.15. The quantitative estimate of drug-likeness (QED) is 0.846. The van der Waals surface area contributed by atoms with Gasteiger partial charge in [-0.15, -0.1) is 0 Å². The van der Waals surface area contributed by atoms with Crippen LogP contribution in [0.2, 0.25) is 0 Å². The molecule has 1 rings (SSSR count). The van der Waals surface area contributed by atoms with Crippen LogP contribution in [0.5, 0.6) is 0 Å². The number of nitrogens with one attached hydrogen (secondary N) is 1. The van der Waals surface area contributed by atoms with Crippen molar-refractivity contribution in [1.29, 1.82) is 0 Å². The number of carbonyl (C=O) groups is 2. The lowest BCUT2D eigenvalue weighted by atomic mass is 9.99. The van der Waals surface area contributed by atoms with E-state index >= 15 is 0 Å². The highest BCUT2D eigenvalue weighted by Gasteiger charge is 2.23. The molecule has 0 aliphatic rings. The van der Waals surface area contributed by atoms with Crippen LogP contribution in [0, 0.1) is 5.92 Å². The van der Waals surface area contributed by atoms with E-state index in [1.807, 2.05) is 26.8 Å². The molecule has 2 amide bonds. The van der Waals surface area contributed by atoms with Crippen molar-refractivity contribution in [2.75, 3.05) is 13.6 Å². The molecular formula is C16H24N2O3. The zero-order chi connectivity index (χ0) is 16.0. The highest BCUT2D eigenvalue weighted by molar-refractivity contribution is 5.79. The zero-order valence-corrected chi connectivity index (χ0v) is 13.0. The molecule has 0 heterocycles. The third-order valence-corrected chi connectivity index (χ3v) is 3.85. The first-order valence-electron chi connectivity index (χ1n) is 7.13. The van der Waals surface area contributed by atoms with Crippen LogP contribution in [0.3, 0.4) is 0 Å². The minimum atomic E-state index is -0.943. The number of carboxylic acid groups (broad SMARTS) is 1. The van der Waals surface area contributed by atoms with Gasteiger partial charge < -0.3 is 15.3 Å². The van der Waals surface area contributed by atoms with Gasteiger partial charge in [-0.1, -0.05) is 44.2 Å². The van der Waals surface area contributed by atoms with Crippen molar-refractivity contribution in [3.8, 4) is 0 Å². The molecule has 116 valence electrons. The van der Waals surface area contributed by atoms with Gasteiger partial charge in [0.2, 0.25) is 0 Å². The summed E-state index contributed by atoms with van der Waals surface area (Å²) in [6.45, 7) is 6.13. The molecular weight excluding hydrogens is 268 g/mol. The molecule has 0 aliphatic heterocycles. The van der Waals surface area contributed by atoms with Gasteiger partial charge in [-0.2, -0.15) is 0 Å². The number of hydrogen-bond donors (Lipinski definition) is 2. The maximum absolute atomic E-state index is 12.1. The lowest BCUT2D eigenvalue weighted by molar-refractivity contribution is -0.138. The molecule has 1 aromatic rings. The van der Waals surface area contributed by atoms with Crippen LogP contribution < -0.4 is 5.32 Å². The molecule has 21 heavy (non-hydrogen) atoms. The molecule has 0 aliphatic carbocycles. The minimum absolute atomic E-state index is 0.0767. The van der Waals surface area contributed by atoms with Gasteiger partial charge in [-0.25, -0.2) is 4.79 Å². The molecule has 0 saturated carbocycles. The monoisotopic (exact) mass is 292 g/mol. The Bertz CT molecular complexity index is 474. The summed E-state index contributed by atoms with van der Waals surface area (Å²) in [6, 6.07) is 8.76. The fourth-order valence-electron chi connectivity index (χ4n) is 1.98. The van der Waals surface area contributed by atoms with Crippen LogP contribution in [-0.4, -0.2) is 41.6 Å². The fraction of sp³-hybridized carbons (Fsp3) is 0.500. The second kappa shape index (κ2) is 7.67. The van der Waals surface area contributed by atoms with Crippen molar-refractivity contribution in [2.24, 2.45) is 5.92 Å². The van der Waals surface area contributed by atoms with Crippen LogP contribution in [0.1, 0.15) is 32.3 Å². The maximum atomic E-state index is 12.1. The summed E-state index contributed by atoms with van der Waals surface area (Å²) in [5.41, 5.74) is 0.685. The number of benzene rings is 1. The molecule has 5 heteroatoms. The topological polar surface area (TPSA) is 69.6 Å². The van der Waals surface area contributed by atoms with Gasteiger partial charge >= 0.3 is 12.0 Å². The molecule has 2 N–H and O–H groups in total. The van der Waals surface area contributed by atoms with E-state index in [4.69, 9.17) is 0 Å². The fourth-order valence-corrected chi connectivity index (χ4v) is 1.98. The summed E-state index contributed by atoms with van der Waals surface area (Å²) in [4.78, 5) is 25.0. The number of hydrogen-bond acceptors (Lipinski definition) is 2. The van der Waals surface area contributed by atoms with Gasteiger partial charge in [0.15, 0.2) is 0 Å². The SMILES string of the molecule is CC(C)C(C)N(C)C(=O)NCC(C(=O)O)c1ccccc1. The number of aliphatic carboxylic acids is 1. The number of rotatable bonds is 6. The Hall–Kier alpha value is -2.04. The van der Waals surface area contributed by atoms with Gasteiger partial charge in [0.1, 0.15) is 0 Å². The Morgan fingerprint density at radius 3 is 2.24 bits per heavy atom. The Balaban J connectivity index is 2.67. The van der Waals surface area contributed by atoms with E-state index < -0.39 is 11.9 Å². The van der Waals surface area contributed by atoms with Crippen molar-refractivity contribution in [3.05, 3.63) is 35.9 Å². The molecule has 0 spiro atoms. The first-order chi connectivity index (χ1) is 9.84. The highest BCUT2D eigenvalue weighted by atomic mass is 16.4. The molecule has 0 fully saturated rings. The van der Waals surface area contributed by atoms with Crippen molar-refractivity contribution >= 4 is 12.0 Å². The Labute approximate surface area is 126 Å². The van der Waals surface area contributed by atoms with Crippen molar-refractivity contribution in [3.63, 3.8) is 0 Å². The molecule has 2 unspecified atom stereocenters. The summed E-state index contributed by atoms with van der Waals surface area (Å²) in [5.74, 6) is -1.34. The maximum Gasteiger partial charge on any atom is 0.317 e. The van der Waals surface area contributed by atoms with E-state index in [-0.39, 0.29) is 18.6 Å². The summed E-state index contributed by atoms with van der Waals surface area (Å²) >= 11 is 0. The van der Waals surface area contributed by atoms with E-state index in [0.717, 1.165) is 0 Å². The average Bonchev–Trinajstić information content (AvgIpc) is 2.46. The van der Waals surface area contributed by atoms with Gasteiger partial charge in [0, 0.05) is 19.6 Å². The number of carboxylic acids is 1.